The van der Waals surface area contributed by atoms with E-state index in [0.29, 0.717) is 13.0 Å². The molecule has 0 radical (unpaired) electrons. The highest BCUT2D eigenvalue weighted by Crippen LogP contribution is 2.28. The van der Waals surface area contributed by atoms with Crippen LogP contribution in [-0.4, -0.2) is 18.5 Å². The molecule has 0 spiro atoms. The summed E-state index contributed by atoms with van der Waals surface area (Å²) in [5.74, 6) is 0. The van der Waals surface area contributed by atoms with Crippen molar-refractivity contribution in [3.05, 3.63) is 35.9 Å². The highest BCUT2D eigenvalue weighted by Gasteiger charge is 2.44. The third kappa shape index (κ3) is 1.38. The average Bonchev–Trinajstić information content (AvgIpc) is 2.88. The average molecular weight is 162 g/mol. The second kappa shape index (κ2) is 2.72. The van der Waals surface area contributed by atoms with Crippen LogP contribution in [0.4, 0.5) is 0 Å². The Bertz CT molecular complexity index is 275. The van der Waals surface area contributed by atoms with Gasteiger partial charge in [0.1, 0.15) is 0 Å². The summed E-state index contributed by atoms with van der Waals surface area (Å²) in [4.78, 5) is 10.6. The number of hydrogen-bond donors (Lipinski definition) is 0. The molecule has 1 saturated heterocycles. The SMILES string of the molecule is O=C[C@]1(Cc2ccccc2)CO1. The van der Waals surface area contributed by atoms with E-state index in [9.17, 15) is 4.79 Å². The normalized spacial score (nSPS) is 26.7. The summed E-state index contributed by atoms with van der Waals surface area (Å²) in [6.07, 6.45) is 1.61. The number of ether oxygens (including phenoxy) is 1. The van der Waals surface area contributed by atoms with Crippen LogP contribution in [0.5, 0.6) is 0 Å². The van der Waals surface area contributed by atoms with Gasteiger partial charge in [-0.3, -0.25) is 0 Å². The predicted octanol–water partition coefficient (Wildman–Crippen LogP) is 1.20. The van der Waals surface area contributed by atoms with Crippen molar-refractivity contribution in [3.63, 3.8) is 0 Å². The van der Waals surface area contributed by atoms with Crippen molar-refractivity contribution in [2.45, 2.75) is 12.0 Å². The number of rotatable bonds is 3. The van der Waals surface area contributed by atoms with Gasteiger partial charge in [-0.25, -0.2) is 0 Å². The van der Waals surface area contributed by atoms with Gasteiger partial charge in [0.25, 0.3) is 0 Å². The molecular formula is C10H10O2. The minimum Gasteiger partial charge on any atom is -0.361 e. The smallest absolute Gasteiger partial charge is 0.154 e. The number of epoxide rings is 1. The van der Waals surface area contributed by atoms with Crippen molar-refractivity contribution in [3.8, 4) is 0 Å². The van der Waals surface area contributed by atoms with Crippen LogP contribution in [0.1, 0.15) is 5.56 Å². The van der Waals surface area contributed by atoms with Gasteiger partial charge in [0.2, 0.25) is 0 Å². The Hall–Kier alpha value is -1.15. The van der Waals surface area contributed by atoms with Crippen LogP contribution < -0.4 is 0 Å². The van der Waals surface area contributed by atoms with Gasteiger partial charge in [-0.05, 0) is 5.56 Å². The zero-order valence-corrected chi connectivity index (χ0v) is 6.69. The first-order valence-corrected chi connectivity index (χ1v) is 3.99. The van der Waals surface area contributed by atoms with E-state index in [2.05, 4.69) is 0 Å². The van der Waals surface area contributed by atoms with Crippen LogP contribution >= 0.6 is 0 Å². The van der Waals surface area contributed by atoms with Gasteiger partial charge in [0, 0.05) is 6.42 Å². The Balaban J connectivity index is 2.09. The number of carbonyl (C=O) groups excluding carboxylic acids is 1. The molecule has 0 amide bonds. The Morgan fingerprint density at radius 3 is 2.58 bits per heavy atom. The third-order valence-corrected chi connectivity index (χ3v) is 2.08. The lowest BCUT2D eigenvalue weighted by Crippen LogP contribution is -2.16. The minimum absolute atomic E-state index is 0.485. The fourth-order valence-electron chi connectivity index (χ4n) is 1.25. The molecule has 0 bridgehead atoms. The molecule has 1 aromatic rings. The van der Waals surface area contributed by atoms with E-state index in [1.165, 1.54) is 0 Å². The molecule has 12 heavy (non-hydrogen) atoms. The van der Waals surface area contributed by atoms with Crippen molar-refractivity contribution < 1.29 is 9.53 Å². The highest BCUT2D eigenvalue weighted by molar-refractivity contribution is 5.67. The van der Waals surface area contributed by atoms with E-state index in [1.807, 2.05) is 30.3 Å². The van der Waals surface area contributed by atoms with Crippen LogP contribution in [0.2, 0.25) is 0 Å². The van der Waals surface area contributed by atoms with E-state index in [1.54, 1.807) is 0 Å². The zero-order valence-electron chi connectivity index (χ0n) is 6.69. The van der Waals surface area contributed by atoms with E-state index in [4.69, 9.17) is 4.74 Å². The van der Waals surface area contributed by atoms with Crippen molar-refractivity contribution in [1.82, 2.24) is 0 Å². The lowest BCUT2D eigenvalue weighted by Gasteiger charge is -2.02. The molecule has 0 saturated carbocycles. The summed E-state index contributed by atoms with van der Waals surface area (Å²) in [6, 6.07) is 9.91. The van der Waals surface area contributed by atoms with Gasteiger partial charge >= 0.3 is 0 Å². The second-order valence-electron chi connectivity index (χ2n) is 3.13. The predicted molar refractivity (Wildman–Crippen MR) is 44.9 cm³/mol. The van der Waals surface area contributed by atoms with Gasteiger partial charge in [0.05, 0.1) is 6.61 Å². The molecule has 0 unspecified atom stereocenters. The largest absolute Gasteiger partial charge is 0.361 e. The minimum atomic E-state index is -0.485. The summed E-state index contributed by atoms with van der Waals surface area (Å²) in [6.45, 7) is 0.575. The van der Waals surface area contributed by atoms with Gasteiger partial charge in [-0.1, -0.05) is 30.3 Å². The summed E-state index contributed by atoms with van der Waals surface area (Å²) < 4.78 is 5.08. The van der Waals surface area contributed by atoms with Crippen LogP contribution in [0.25, 0.3) is 0 Å². The fraction of sp³-hybridized carbons (Fsp3) is 0.300. The molecular weight excluding hydrogens is 152 g/mol. The molecule has 1 atom stereocenters. The number of aldehydes is 1. The Morgan fingerprint density at radius 2 is 2.08 bits per heavy atom. The lowest BCUT2D eigenvalue weighted by atomic mass is 10.0. The topological polar surface area (TPSA) is 29.6 Å². The van der Waals surface area contributed by atoms with Crippen molar-refractivity contribution in [1.29, 1.82) is 0 Å². The molecule has 0 aliphatic carbocycles. The van der Waals surface area contributed by atoms with E-state index in [-0.39, 0.29) is 0 Å². The Morgan fingerprint density at radius 1 is 1.42 bits per heavy atom. The van der Waals surface area contributed by atoms with E-state index >= 15 is 0 Å². The zero-order chi connectivity index (χ0) is 8.44. The molecule has 1 aromatic carbocycles. The number of carbonyl (C=O) groups is 1. The lowest BCUT2D eigenvalue weighted by molar-refractivity contribution is -0.112. The highest BCUT2D eigenvalue weighted by atomic mass is 16.6. The van der Waals surface area contributed by atoms with Gasteiger partial charge in [-0.15, -0.1) is 0 Å². The first-order chi connectivity index (χ1) is 5.85. The van der Waals surface area contributed by atoms with Gasteiger partial charge in [-0.2, -0.15) is 0 Å². The first-order valence-electron chi connectivity index (χ1n) is 3.99. The van der Waals surface area contributed by atoms with Crippen LogP contribution in [-0.2, 0) is 16.0 Å². The van der Waals surface area contributed by atoms with E-state index in [0.717, 1.165) is 11.8 Å². The molecule has 2 heteroatoms. The second-order valence-corrected chi connectivity index (χ2v) is 3.13. The molecule has 62 valence electrons. The molecule has 0 aromatic heterocycles. The molecule has 2 nitrogen and oxygen atoms in total. The van der Waals surface area contributed by atoms with Crippen molar-refractivity contribution in [2.24, 2.45) is 0 Å². The standard InChI is InChI=1S/C10H10O2/c11-7-10(8-12-10)6-9-4-2-1-3-5-9/h1-5,7H,6,8H2/t10-/m1/s1. The maximum absolute atomic E-state index is 10.6. The molecule has 1 aliphatic rings. The maximum atomic E-state index is 10.6. The first kappa shape index (κ1) is 7.50. The monoisotopic (exact) mass is 162 g/mol. The quantitative estimate of drug-likeness (QED) is 0.493. The van der Waals surface area contributed by atoms with Gasteiger partial charge in [0.15, 0.2) is 11.9 Å². The third-order valence-electron chi connectivity index (χ3n) is 2.08. The molecule has 0 N–H and O–H groups in total. The Kier molecular flexibility index (Phi) is 1.70. The van der Waals surface area contributed by atoms with Crippen LogP contribution in [0, 0.1) is 0 Å². The molecule has 1 fully saturated rings. The molecule has 1 aliphatic heterocycles. The van der Waals surface area contributed by atoms with Crippen molar-refractivity contribution >= 4 is 6.29 Å². The number of hydrogen-bond acceptors (Lipinski definition) is 2. The summed E-state index contributed by atoms with van der Waals surface area (Å²) in [5.41, 5.74) is 0.670. The van der Waals surface area contributed by atoms with Gasteiger partial charge < -0.3 is 9.53 Å². The molecule has 1 heterocycles. The maximum Gasteiger partial charge on any atom is 0.154 e. The fourth-order valence-corrected chi connectivity index (χ4v) is 1.25. The van der Waals surface area contributed by atoms with E-state index < -0.39 is 5.60 Å². The number of benzene rings is 1. The van der Waals surface area contributed by atoms with Crippen molar-refractivity contribution in [2.75, 3.05) is 6.61 Å². The molecule has 2 rings (SSSR count). The summed E-state index contributed by atoms with van der Waals surface area (Å²) in [7, 11) is 0. The summed E-state index contributed by atoms with van der Waals surface area (Å²) >= 11 is 0. The van der Waals surface area contributed by atoms with Crippen LogP contribution in [0.3, 0.4) is 0 Å². The summed E-state index contributed by atoms with van der Waals surface area (Å²) in [5, 5.41) is 0. The van der Waals surface area contributed by atoms with Crippen LogP contribution in [0.15, 0.2) is 30.3 Å². The Labute approximate surface area is 71.2 Å².